The first kappa shape index (κ1) is 28.2. The fraction of sp³-hybridized carbons (Fsp3) is 0.370. The Kier molecular flexibility index (Phi) is 9.80. The van der Waals surface area contributed by atoms with Crippen molar-refractivity contribution >= 4 is 29.9 Å². The van der Waals surface area contributed by atoms with Crippen molar-refractivity contribution in [2.24, 2.45) is 5.92 Å². The second-order valence-electron chi connectivity index (χ2n) is 8.58. The highest BCUT2D eigenvalue weighted by Gasteiger charge is 2.42. The highest BCUT2D eigenvalue weighted by atomic mass is 16.6. The van der Waals surface area contributed by atoms with Crippen LogP contribution in [0, 0.1) is 5.92 Å². The third-order valence-corrected chi connectivity index (χ3v) is 6.26. The molecule has 2 aromatic carbocycles. The van der Waals surface area contributed by atoms with E-state index < -0.39 is 54.3 Å². The molecule has 0 saturated carbocycles. The van der Waals surface area contributed by atoms with Gasteiger partial charge in [-0.2, -0.15) is 0 Å². The van der Waals surface area contributed by atoms with Crippen molar-refractivity contribution < 1.29 is 42.9 Å². The number of hydrogen-bond acceptors (Lipinski definition) is 9. The minimum absolute atomic E-state index is 0.000485. The Labute approximate surface area is 220 Å². The molecule has 1 N–H and O–H groups in total. The molecule has 1 aliphatic heterocycles. The van der Waals surface area contributed by atoms with Crippen molar-refractivity contribution in [1.29, 1.82) is 0 Å². The summed E-state index contributed by atoms with van der Waals surface area (Å²) in [5, 5.41) is 2.50. The van der Waals surface area contributed by atoms with Gasteiger partial charge in [0.2, 0.25) is 5.91 Å². The summed E-state index contributed by atoms with van der Waals surface area (Å²) in [7, 11) is 3.30. The maximum absolute atomic E-state index is 13.6. The van der Waals surface area contributed by atoms with Gasteiger partial charge in [0.1, 0.15) is 18.7 Å². The van der Waals surface area contributed by atoms with Crippen molar-refractivity contribution in [3.8, 4) is 0 Å². The normalized spacial score (nSPS) is 15.8. The molecule has 1 aliphatic rings. The summed E-state index contributed by atoms with van der Waals surface area (Å²) in [5.74, 6) is -4.82. The van der Waals surface area contributed by atoms with E-state index in [9.17, 15) is 24.0 Å². The summed E-state index contributed by atoms with van der Waals surface area (Å²) in [5.41, 5.74) is 2.46. The predicted molar refractivity (Wildman–Crippen MR) is 132 cm³/mol. The number of nitrogens with one attached hydrogen (secondary N) is 1. The lowest BCUT2D eigenvalue weighted by molar-refractivity contribution is -0.159. The number of methoxy groups -OCH3 is 3. The zero-order chi connectivity index (χ0) is 27.7. The Hall–Kier alpha value is -4.41. The summed E-state index contributed by atoms with van der Waals surface area (Å²) >= 11 is 0. The molecular weight excluding hydrogens is 496 g/mol. The third-order valence-electron chi connectivity index (χ3n) is 6.26. The number of hydrogen-bond donors (Lipinski definition) is 1. The Morgan fingerprint density at radius 2 is 1.50 bits per heavy atom. The zero-order valence-corrected chi connectivity index (χ0v) is 21.4. The lowest BCUT2D eigenvalue weighted by Gasteiger charge is -2.36. The first-order valence-electron chi connectivity index (χ1n) is 11.9. The van der Waals surface area contributed by atoms with Crippen molar-refractivity contribution in [3.05, 3.63) is 71.3 Å². The van der Waals surface area contributed by atoms with Crippen LogP contribution in [0.1, 0.15) is 23.1 Å². The van der Waals surface area contributed by atoms with Crippen molar-refractivity contribution in [3.63, 3.8) is 0 Å². The smallest absolute Gasteiger partial charge is 0.411 e. The number of carbonyl (C=O) groups excluding carboxylic acids is 5. The van der Waals surface area contributed by atoms with Gasteiger partial charge in [0, 0.05) is 6.42 Å². The molecule has 0 unspecified atom stereocenters. The molecule has 1 heterocycles. The summed E-state index contributed by atoms with van der Waals surface area (Å²) in [4.78, 5) is 65.0. The second-order valence-corrected chi connectivity index (χ2v) is 8.58. The van der Waals surface area contributed by atoms with Gasteiger partial charge in [0.25, 0.3) is 0 Å². The van der Waals surface area contributed by atoms with E-state index in [2.05, 4.69) is 10.1 Å². The molecule has 0 aliphatic carbocycles. The maximum Gasteiger partial charge on any atom is 0.411 e. The lowest BCUT2D eigenvalue weighted by atomic mass is 9.92. The number of carbonyl (C=O) groups is 5. The quantitative estimate of drug-likeness (QED) is 0.383. The number of amides is 2. The maximum atomic E-state index is 13.6. The van der Waals surface area contributed by atoms with Crippen molar-refractivity contribution in [1.82, 2.24) is 10.2 Å². The number of nitrogens with zero attached hydrogens (tertiary/aromatic N) is 1. The van der Waals surface area contributed by atoms with Crippen LogP contribution in [0.5, 0.6) is 0 Å². The van der Waals surface area contributed by atoms with Gasteiger partial charge in [-0.15, -0.1) is 0 Å². The van der Waals surface area contributed by atoms with Gasteiger partial charge in [-0.3, -0.25) is 19.3 Å². The summed E-state index contributed by atoms with van der Waals surface area (Å²) < 4.78 is 19.7. The first-order chi connectivity index (χ1) is 18.3. The van der Waals surface area contributed by atoms with E-state index in [1.807, 2.05) is 42.5 Å². The van der Waals surface area contributed by atoms with Crippen LogP contribution in [0.4, 0.5) is 4.79 Å². The molecule has 0 fully saturated rings. The number of rotatable bonds is 9. The van der Waals surface area contributed by atoms with Crippen molar-refractivity contribution in [2.75, 3.05) is 21.3 Å². The molecule has 0 spiro atoms. The predicted octanol–water partition coefficient (Wildman–Crippen LogP) is 1.76. The molecule has 0 radical (unpaired) electrons. The minimum Gasteiger partial charge on any atom is -0.469 e. The van der Waals surface area contributed by atoms with Gasteiger partial charge in [-0.25, -0.2) is 9.59 Å². The Morgan fingerprint density at radius 1 is 0.868 bits per heavy atom. The van der Waals surface area contributed by atoms with E-state index in [-0.39, 0.29) is 19.6 Å². The van der Waals surface area contributed by atoms with Crippen molar-refractivity contribution in [2.45, 2.75) is 38.1 Å². The van der Waals surface area contributed by atoms with Gasteiger partial charge in [0.05, 0.1) is 40.2 Å². The monoisotopic (exact) mass is 526 g/mol. The van der Waals surface area contributed by atoms with Gasteiger partial charge in [-0.05, 0) is 16.7 Å². The summed E-state index contributed by atoms with van der Waals surface area (Å²) in [6, 6.07) is 13.8. The standard InChI is InChI=1S/C27H30N2O9/c1-35-22(30)14-20(25(32)36-2)23(26(33)37-3)28-24(31)21-13-18-11-7-8-12-19(18)15-29(21)27(34)38-16-17-9-5-4-6-10-17/h4-12,20-21,23H,13-16H2,1-3H3,(H,28,31)/t20-,21+,23-/m1/s1. The van der Waals surface area contributed by atoms with Crippen LogP contribution < -0.4 is 5.32 Å². The van der Waals surface area contributed by atoms with Crippen LogP contribution in [0.2, 0.25) is 0 Å². The SMILES string of the molecule is COC(=O)C[C@@H](C(=O)OC)[C@@H](NC(=O)[C@@H]1Cc2ccccc2CN1C(=O)OCc1ccccc1)C(=O)OC. The Morgan fingerprint density at radius 3 is 2.13 bits per heavy atom. The Balaban J connectivity index is 1.87. The number of esters is 3. The van der Waals surface area contributed by atoms with E-state index in [1.54, 1.807) is 12.1 Å². The molecule has 11 nitrogen and oxygen atoms in total. The summed E-state index contributed by atoms with van der Waals surface area (Å²) in [6.07, 6.45) is -1.13. The van der Waals surface area contributed by atoms with Crippen LogP contribution in [0.3, 0.4) is 0 Å². The molecule has 202 valence electrons. The van der Waals surface area contributed by atoms with Crippen LogP contribution in [0.15, 0.2) is 54.6 Å². The highest BCUT2D eigenvalue weighted by Crippen LogP contribution is 2.25. The van der Waals surface area contributed by atoms with Gasteiger partial charge in [0.15, 0.2) is 0 Å². The Bertz CT molecular complexity index is 1170. The van der Waals surface area contributed by atoms with E-state index >= 15 is 0 Å². The molecule has 11 heteroatoms. The van der Waals surface area contributed by atoms with E-state index in [0.717, 1.165) is 38.0 Å². The third kappa shape index (κ3) is 6.87. The fourth-order valence-corrected chi connectivity index (χ4v) is 4.20. The van der Waals surface area contributed by atoms with Crippen LogP contribution in [0.25, 0.3) is 0 Å². The number of benzene rings is 2. The molecule has 3 atom stereocenters. The largest absolute Gasteiger partial charge is 0.469 e. The number of fused-ring (bicyclic) bond motifs is 1. The average Bonchev–Trinajstić information content (AvgIpc) is 2.96. The molecule has 2 aromatic rings. The van der Waals surface area contributed by atoms with Gasteiger partial charge in [-0.1, -0.05) is 54.6 Å². The van der Waals surface area contributed by atoms with E-state index in [4.69, 9.17) is 14.2 Å². The van der Waals surface area contributed by atoms with Crippen LogP contribution >= 0.6 is 0 Å². The molecular formula is C27H30N2O9. The lowest BCUT2D eigenvalue weighted by Crippen LogP contribution is -2.58. The minimum atomic E-state index is -1.57. The highest BCUT2D eigenvalue weighted by molar-refractivity contribution is 5.94. The topological polar surface area (TPSA) is 138 Å². The zero-order valence-electron chi connectivity index (χ0n) is 21.4. The molecule has 0 aromatic heterocycles. The first-order valence-corrected chi connectivity index (χ1v) is 11.9. The van der Waals surface area contributed by atoms with E-state index in [0.29, 0.717) is 0 Å². The second kappa shape index (κ2) is 13.2. The molecule has 2 amide bonds. The molecule has 38 heavy (non-hydrogen) atoms. The van der Waals surface area contributed by atoms with Gasteiger partial charge >= 0.3 is 24.0 Å². The molecule has 0 saturated heterocycles. The van der Waals surface area contributed by atoms with Crippen LogP contribution in [-0.2, 0) is 57.7 Å². The molecule has 0 bridgehead atoms. The average molecular weight is 527 g/mol. The number of ether oxygens (including phenoxy) is 4. The summed E-state index contributed by atoms with van der Waals surface area (Å²) in [6.45, 7) is 0.0911. The molecule has 3 rings (SSSR count). The van der Waals surface area contributed by atoms with Gasteiger partial charge < -0.3 is 24.3 Å². The van der Waals surface area contributed by atoms with E-state index in [1.165, 1.54) is 4.90 Å². The van der Waals surface area contributed by atoms with Crippen LogP contribution in [-0.4, -0.2) is 68.2 Å². The fourth-order valence-electron chi connectivity index (χ4n) is 4.20.